The Bertz CT molecular complexity index is 564. The normalized spacial score (nSPS) is 10.2. The number of hydrogen-bond acceptors (Lipinski definition) is 3. The van der Waals surface area contributed by atoms with Crippen LogP contribution < -0.4 is 4.74 Å². The Hall–Kier alpha value is -1.94. The van der Waals surface area contributed by atoms with Crippen molar-refractivity contribution in [2.45, 2.75) is 10.6 Å². The molecule has 1 N–H and O–H groups in total. The highest BCUT2D eigenvalue weighted by Gasteiger charge is 2.04. The number of carboxylic acids is 1. The van der Waals surface area contributed by atoms with E-state index in [4.69, 9.17) is 9.84 Å². The van der Waals surface area contributed by atoms with Crippen molar-refractivity contribution in [3.63, 3.8) is 0 Å². The fourth-order valence-corrected chi connectivity index (χ4v) is 2.57. The lowest BCUT2D eigenvalue weighted by Crippen LogP contribution is -1.94. The van der Waals surface area contributed by atoms with Gasteiger partial charge in [0.1, 0.15) is 5.75 Å². The van der Waals surface area contributed by atoms with Gasteiger partial charge in [0.05, 0.1) is 12.7 Å². The summed E-state index contributed by atoms with van der Waals surface area (Å²) in [7, 11) is 1.66. The average Bonchev–Trinajstić information content (AvgIpc) is 2.45. The van der Waals surface area contributed by atoms with Gasteiger partial charge in [0, 0.05) is 16.2 Å². The van der Waals surface area contributed by atoms with Crippen LogP contribution in [0.15, 0.2) is 53.4 Å². The molecule has 0 aliphatic rings. The van der Waals surface area contributed by atoms with Crippen LogP contribution in [0.4, 0.5) is 0 Å². The minimum absolute atomic E-state index is 0.307. The van der Waals surface area contributed by atoms with Gasteiger partial charge in [0.2, 0.25) is 0 Å². The zero-order chi connectivity index (χ0) is 13.7. The number of carboxylic acid groups (broad SMARTS) is 1. The summed E-state index contributed by atoms with van der Waals surface area (Å²) in [6.07, 6.45) is 0. The number of ether oxygens (including phenoxy) is 1. The fourth-order valence-electron chi connectivity index (χ4n) is 1.68. The Morgan fingerprint density at radius 1 is 1.16 bits per heavy atom. The number of aromatic carboxylic acids is 1. The molecule has 3 nitrogen and oxygen atoms in total. The summed E-state index contributed by atoms with van der Waals surface area (Å²) in [5.74, 6) is 0.759. The minimum atomic E-state index is -0.902. The molecule has 0 aliphatic carbocycles. The van der Waals surface area contributed by atoms with Gasteiger partial charge in [-0.3, -0.25) is 0 Å². The lowest BCUT2D eigenvalue weighted by Gasteiger charge is -2.07. The number of carbonyl (C=O) groups is 1. The van der Waals surface area contributed by atoms with Crippen LogP contribution in [0.5, 0.6) is 5.75 Å². The summed E-state index contributed by atoms with van der Waals surface area (Å²) in [6, 6.07) is 14.8. The molecule has 0 unspecified atom stereocenters. The highest BCUT2D eigenvalue weighted by molar-refractivity contribution is 7.98. The van der Waals surface area contributed by atoms with Crippen LogP contribution in [-0.4, -0.2) is 18.2 Å². The van der Waals surface area contributed by atoms with Crippen molar-refractivity contribution >= 4 is 17.7 Å². The first-order valence-electron chi connectivity index (χ1n) is 5.79. The highest BCUT2D eigenvalue weighted by atomic mass is 32.2. The molecule has 2 rings (SSSR count). The van der Waals surface area contributed by atoms with Crippen molar-refractivity contribution in [1.29, 1.82) is 0 Å². The maximum absolute atomic E-state index is 10.8. The second kappa shape index (κ2) is 6.29. The molecule has 0 radical (unpaired) electrons. The Kier molecular flexibility index (Phi) is 4.47. The lowest BCUT2D eigenvalue weighted by molar-refractivity contribution is 0.0697. The van der Waals surface area contributed by atoms with Crippen LogP contribution >= 0.6 is 11.8 Å². The molecule has 0 spiro atoms. The molecule has 0 bridgehead atoms. The van der Waals surface area contributed by atoms with E-state index in [1.165, 1.54) is 0 Å². The van der Waals surface area contributed by atoms with E-state index in [9.17, 15) is 4.79 Å². The second-order valence-corrected chi connectivity index (χ2v) is 4.98. The van der Waals surface area contributed by atoms with Crippen LogP contribution in [0.2, 0.25) is 0 Å². The summed E-state index contributed by atoms with van der Waals surface area (Å²) in [6.45, 7) is 0. The summed E-state index contributed by atoms with van der Waals surface area (Å²) in [5.41, 5.74) is 1.43. The monoisotopic (exact) mass is 274 g/mol. The van der Waals surface area contributed by atoms with Gasteiger partial charge in [-0.25, -0.2) is 4.79 Å². The van der Waals surface area contributed by atoms with Crippen LogP contribution in [0, 0.1) is 0 Å². The molecule has 0 fully saturated rings. The smallest absolute Gasteiger partial charge is 0.335 e. The van der Waals surface area contributed by atoms with Gasteiger partial charge in [0.15, 0.2) is 0 Å². The van der Waals surface area contributed by atoms with Crippen molar-refractivity contribution < 1.29 is 14.6 Å². The third kappa shape index (κ3) is 3.51. The maximum atomic E-state index is 10.8. The first-order chi connectivity index (χ1) is 9.20. The molecule has 0 aliphatic heterocycles. The van der Waals surface area contributed by atoms with Gasteiger partial charge in [-0.2, -0.15) is 0 Å². The van der Waals surface area contributed by atoms with Crippen LogP contribution in [0.25, 0.3) is 0 Å². The average molecular weight is 274 g/mol. The summed E-state index contributed by atoms with van der Waals surface area (Å²) in [5, 5.41) is 8.83. The summed E-state index contributed by atoms with van der Waals surface area (Å²) in [4.78, 5) is 11.8. The summed E-state index contributed by atoms with van der Waals surface area (Å²) >= 11 is 1.65. The quantitative estimate of drug-likeness (QED) is 0.845. The number of para-hydroxylation sites is 1. The first-order valence-corrected chi connectivity index (χ1v) is 6.77. The Labute approximate surface area is 116 Å². The van der Waals surface area contributed by atoms with Gasteiger partial charge in [-0.05, 0) is 30.3 Å². The molecule has 98 valence electrons. The molecule has 0 amide bonds. The number of hydrogen-bond donors (Lipinski definition) is 1. The SMILES string of the molecule is COc1ccccc1CSc1ccc(C(=O)O)cc1. The third-order valence-electron chi connectivity index (χ3n) is 2.69. The molecule has 0 heterocycles. The van der Waals surface area contributed by atoms with Gasteiger partial charge < -0.3 is 9.84 Å². The molecule has 0 saturated heterocycles. The highest BCUT2D eigenvalue weighted by Crippen LogP contribution is 2.27. The van der Waals surface area contributed by atoms with Crippen molar-refractivity contribution in [2.75, 3.05) is 7.11 Å². The molecule has 0 atom stereocenters. The Morgan fingerprint density at radius 3 is 2.47 bits per heavy atom. The van der Waals surface area contributed by atoms with Gasteiger partial charge >= 0.3 is 5.97 Å². The Morgan fingerprint density at radius 2 is 1.84 bits per heavy atom. The number of thioether (sulfide) groups is 1. The van der Waals surface area contributed by atoms with E-state index in [1.807, 2.05) is 36.4 Å². The fraction of sp³-hybridized carbons (Fsp3) is 0.133. The lowest BCUT2D eigenvalue weighted by atomic mass is 10.2. The predicted molar refractivity (Wildman–Crippen MR) is 76.0 cm³/mol. The van der Waals surface area contributed by atoms with E-state index < -0.39 is 5.97 Å². The standard InChI is InChI=1S/C15H14O3S/c1-18-14-5-3-2-4-12(14)10-19-13-8-6-11(7-9-13)15(16)17/h2-9H,10H2,1H3,(H,16,17). The largest absolute Gasteiger partial charge is 0.496 e. The van der Waals surface area contributed by atoms with E-state index in [1.54, 1.807) is 31.0 Å². The number of rotatable bonds is 5. The van der Waals surface area contributed by atoms with E-state index >= 15 is 0 Å². The van der Waals surface area contributed by atoms with E-state index in [-0.39, 0.29) is 0 Å². The van der Waals surface area contributed by atoms with Crippen LogP contribution in [0.1, 0.15) is 15.9 Å². The maximum Gasteiger partial charge on any atom is 0.335 e. The number of methoxy groups -OCH3 is 1. The molecular formula is C15H14O3S. The first kappa shape index (κ1) is 13.5. The zero-order valence-electron chi connectivity index (χ0n) is 10.5. The molecular weight excluding hydrogens is 260 g/mol. The van der Waals surface area contributed by atoms with Gasteiger partial charge in [0.25, 0.3) is 0 Å². The van der Waals surface area contributed by atoms with Crippen molar-refractivity contribution in [3.05, 3.63) is 59.7 Å². The number of benzene rings is 2. The molecule has 0 aromatic heterocycles. The predicted octanol–water partition coefficient (Wildman–Crippen LogP) is 3.69. The van der Waals surface area contributed by atoms with Crippen LogP contribution in [-0.2, 0) is 5.75 Å². The van der Waals surface area contributed by atoms with E-state index in [2.05, 4.69) is 0 Å². The molecule has 19 heavy (non-hydrogen) atoms. The Balaban J connectivity index is 2.04. The summed E-state index contributed by atoms with van der Waals surface area (Å²) < 4.78 is 5.29. The molecule has 2 aromatic rings. The second-order valence-electron chi connectivity index (χ2n) is 3.93. The zero-order valence-corrected chi connectivity index (χ0v) is 11.3. The van der Waals surface area contributed by atoms with E-state index in [0.29, 0.717) is 5.56 Å². The molecule has 2 aromatic carbocycles. The third-order valence-corrected chi connectivity index (χ3v) is 3.75. The minimum Gasteiger partial charge on any atom is -0.496 e. The van der Waals surface area contributed by atoms with Crippen LogP contribution in [0.3, 0.4) is 0 Å². The topological polar surface area (TPSA) is 46.5 Å². The van der Waals surface area contributed by atoms with Gasteiger partial charge in [-0.1, -0.05) is 18.2 Å². The van der Waals surface area contributed by atoms with Crippen molar-refractivity contribution in [1.82, 2.24) is 0 Å². The molecule has 4 heteroatoms. The van der Waals surface area contributed by atoms with Crippen molar-refractivity contribution in [3.8, 4) is 5.75 Å². The molecule has 0 saturated carbocycles. The van der Waals surface area contributed by atoms with Crippen molar-refractivity contribution in [2.24, 2.45) is 0 Å². The van der Waals surface area contributed by atoms with Gasteiger partial charge in [-0.15, -0.1) is 11.8 Å². The van der Waals surface area contributed by atoms with E-state index in [0.717, 1.165) is 22.0 Å².